The second kappa shape index (κ2) is 5.56. The number of pyridine rings is 1. The zero-order valence-corrected chi connectivity index (χ0v) is 11.4. The van der Waals surface area contributed by atoms with E-state index in [1.165, 1.54) is 12.1 Å². The number of hydrogen-bond acceptors (Lipinski definition) is 1. The fraction of sp³-hybridized carbons (Fsp3) is 0.357. The van der Waals surface area contributed by atoms with Crippen LogP contribution in [0.4, 0.5) is 17.6 Å². The van der Waals surface area contributed by atoms with Crippen LogP contribution in [0.5, 0.6) is 0 Å². The lowest BCUT2D eigenvalue weighted by Gasteiger charge is -2.12. The van der Waals surface area contributed by atoms with E-state index in [9.17, 15) is 17.6 Å². The molecule has 0 aliphatic carbocycles. The maximum Gasteiger partial charge on any atom is 0.389 e. The number of nitrogens with zero attached hydrogens (tertiary/aromatic N) is 1. The van der Waals surface area contributed by atoms with Crippen LogP contribution in [0.3, 0.4) is 0 Å². The smallest absolute Gasteiger partial charge is 0.251 e. The van der Waals surface area contributed by atoms with Crippen molar-refractivity contribution in [2.75, 3.05) is 0 Å². The van der Waals surface area contributed by atoms with Crippen LogP contribution in [0.1, 0.15) is 24.1 Å². The maximum absolute atomic E-state index is 13.9. The number of halogens is 5. The Morgan fingerprint density at radius 2 is 1.95 bits per heavy atom. The fourth-order valence-electron chi connectivity index (χ4n) is 2.16. The molecule has 0 N–H and O–H groups in total. The highest BCUT2D eigenvalue weighted by atomic mass is 35.5. The van der Waals surface area contributed by atoms with E-state index in [1.54, 1.807) is 13.0 Å². The predicted molar refractivity (Wildman–Crippen MR) is 70.4 cm³/mol. The fourth-order valence-corrected chi connectivity index (χ4v) is 2.39. The van der Waals surface area contributed by atoms with Crippen LogP contribution >= 0.6 is 11.6 Å². The van der Waals surface area contributed by atoms with Crippen molar-refractivity contribution < 1.29 is 17.6 Å². The lowest BCUT2D eigenvalue weighted by Crippen LogP contribution is -2.08. The van der Waals surface area contributed by atoms with Gasteiger partial charge in [-0.1, -0.05) is 17.7 Å². The van der Waals surface area contributed by atoms with Crippen LogP contribution in [-0.4, -0.2) is 11.2 Å². The lowest BCUT2D eigenvalue weighted by atomic mass is 10.0. The van der Waals surface area contributed by atoms with Crippen molar-refractivity contribution in [3.8, 4) is 0 Å². The van der Waals surface area contributed by atoms with Crippen molar-refractivity contribution in [3.05, 3.63) is 40.3 Å². The summed E-state index contributed by atoms with van der Waals surface area (Å²) in [4.78, 5) is 4.16. The van der Waals surface area contributed by atoms with Gasteiger partial charge in [-0.05, 0) is 37.5 Å². The molecule has 0 atom stereocenters. The van der Waals surface area contributed by atoms with Gasteiger partial charge >= 0.3 is 6.18 Å². The Hall–Kier alpha value is -1.36. The van der Waals surface area contributed by atoms with E-state index in [-0.39, 0.29) is 23.3 Å². The monoisotopic (exact) mass is 305 g/mol. The van der Waals surface area contributed by atoms with Crippen molar-refractivity contribution in [2.24, 2.45) is 0 Å². The highest BCUT2D eigenvalue weighted by Gasteiger charge is 2.26. The minimum absolute atomic E-state index is 0.0686. The van der Waals surface area contributed by atoms with Crippen molar-refractivity contribution in [1.29, 1.82) is 0 Å². The standard InChI is InChI=1S/C14H12ClF4N/c1-8-13(15)9(4-3-7-14(17,18)19)12-10(16)5-2-6-11(12)20-8/h2,5-6H,3-4,7H2,1H3. The molecule has 0 aliphatic rings. The molecule has 1 heterocycles. The molecule has 108 valence electrons. The van der Waals surface area contributed by atoms with Crippen LogP contribution in [0, 0.1) is 12.7 Å². The van der Waals surface area contributed by atoms with Gasteiger partial charge < -0.3 is 0 Å². The van der Waals surface area contributed by atoms with Gasteiger partial charge in [0.1, 0.15) is 5.82 Å². The Balaban J connectivity index is 2.42. The Morgan fingerprint density at radius 3 is 2.60 bits per heavy atom. The molecule has 0 aliphatic heterocycles. The zero-order chi connectivity index (χ0) is 14.9. The van der Waals surface area contributed by atoms with E-state index < -0.39 is 18.4 Å². The molecule has 0 amide bonds. The minimum Gasteiger partial charge on any atom is -0.251 e. The van der Waals surface area contributed by atoms with Gasteiger partial charge in [0.15, 0.2) is 0 Å². The van der Waals surface area contributed by atoms with Crippen molar-refractivity contribution in [2.45, 2.75) is 32.4 Å². The van der Waals surface area contributed by atoms with Crippen molar-refractivity contribution >= 4 is 22.5 Å². The highest BCUT2D eigenvalue weighted by molar-refractivity contribution is 6.32. The van der Waals surface area contributed by atoms with E-state index >= 15 is 0 Å². The van der Waals surface area contributed by atoms with Crippen LogP contribution < -0.4 is 0 Å². The molecule has 0 spiro atoms. The van der Waals surface area contributed by atoms with Gasteiger partial charge in [-0.2, -0.15) is 13.2 Å². The molecule has 0 saturated carbocycles. The molecule has 20 heavy (non-hydrogen) atoms. The van der Waals surface area contributed by atoms with Gasteiger partial charge in [0, 0.05) is 11.8 Å². The van der Waals surface area contributed by atoms with E-state index in [4.69, 9.17) is 11.6 Å². The summed E-state index contributed by atoms with van der Waals surface area (Å²) in [7, 11) is 0. The first kappa shape index (κ1) is 15.0. The van der Waals surface area contributed by atoms with Gasteiger partial charge in [0.25, 0.3) is 0 Å². The van der Waals surface area contributed by atoms with Gasteiger partial charge in [0.2, 0.25) is 0 Å². The third-order valence-electron chi connectivity index (χ3n) is 3.05. The van der Waals surface area contributed by atoms with Crippen LogP contribution in [0.25, 0.3) is 10.9 Å². The molecule has 0 unspecified atom stereocenters. The first-order valence-corrected chi connectivity index (χ1v) is 6.47. The molecule has 0 fully saturated rings. The maximum atomic E-state index is 13.9. The van der Waals surface area contributed by atoms with E-state index in [0.29, 0.717) is 16.8 Å². The Labute approximate surface area is 118 Å². The number of rotatable bonds is 3. The molecule has 2 rings (SSSR count). The average Bonchev–Trinajstić information content (AvgIpc) is 2.33. The summed E-state index contributed by atoms with van der Waals surface area (Å²) >= 11 is 6.08. The number of aryl methyl sites for hydroxylation is 2. The number of alkyl halides is 3. The molecule has 0 saturated heterocycles. The molecule has 1 aromatic heterocycles. The molecular weight excluding hydrogens is 294 g/mol. The van der Waals surface area contributed by atoms with Gasteiger partial charge in [-0.25, -0.2) is 4.39 Å². The molecule has 0 radical (unpaired) electrons. The summed E-state index contributed by atoms with van der Waals surface area (Å²) in [5, 5.41) is 0.454. The summed E-state index contributed by atoms with van der Waals surface area (Å²) in [6.07, 6.45) is -5.20. The number of fused-ring (bicyclic) bond motifs is 1. The number of aromatic nitrogens is 1. The van der Waals surface area contributed by atoms with E-state index in [0.717, 1.165) is 0 Å². The molecule has 0 bridgehead atoms. The third kappa shape index (κ3) is 3.20. The van der Waals surface area contributed by atoms with Crippen LogP contribution in [0.2, 0.25) is 5.02 Å². The Kier molecular flexibility index (Phi) is 4.18. The van der Waals surface area contributed by atoms with E-state index in [1.807, 2.05) is 0 Å². The van der Waals surface area contributed by atoms with Crippen LogP contribution in [-0.2, 0) is 6.42 Å². The van der Waals surface area contributed by atoms with Gasteiger partial charge in [-0.3, -0.25) is 4.98 Å². The third-order valence-corrected chi connectivity index (χ3v) is 3.55. The van der Waals surface area contributed by atoms with E-state index in [2.05, 4.69) is 4.98 Å². The first-order chi connectivity index (χ1) is 9.29. The van der Waals surface area contributed by atoms with Gasteiger partial charge in [-0.15, -0.1) is 0 Å². The Bertz CT molecular complexity index is 637. The molecular formula is C14H12ClF4N. The minimum atomic E-state index is -4.22. The largest absolute Gasteiger partial charge is 0.389 e. The summed E-state index contributed by atoms with van der Waals surface area (Å²) in [6, 6.07) is 4.38. The predicted octanol–water partition coefficient (Wildman–Crippen LogP) is 5.22. The van der Waals surface area contributed by atoms with Crippen molar-refractivity contribution in [1.82, 2.24) is 4.98 Å². The number of benzene rings is 1. The second-order valence-corrected chi connectivity index (χ2v) is 4.97. The number of hydrogen-bond donors (Lipinski definition) is 0. The van der Waals surface area contributed by atoms with Crippen molar-refractivity contribution in [3.63, 3.8) is 0 Å². The summed E-state index contributed by atoms with van der Waals surface area (Å²) in [6.45, 7) is 1.65. The first-order valence-electron chi connectivity index (χ1n) is 6.09. The summed E-state index contributed by atoms with van der Waals surface area (Å²) in [5.41, 5.74) is 1.30. The molecule has 1 nitrogen and oxygen atoms in total. The average molecular weight is 306 g/mol. The topological polar surface area (TPSA) is 12.9 Å². The molecule has 1 aromatic carbocycles. The quantitative estimate of drug-likeness (QED) is 0.708. The molecule has 6 heteroatoms. The Morgan fingerprint density at radius 1 is 1.25 bits per heavy atom. The summed E-state index contributed by atoms with van der Waals surface area (Å²) in [5.74, 6) is -0.515. The SMILES string of the molecule is Cc1nc2cccc(F)c2c(CCCC(F)(F)F)c1Cl. The highest BCUT2D eigenvalue weighted by Crippen LogP contribution is 2.32. The zero-order valence-electron chi connectivity index (χ0n) is 10.7. The van der Waals surface area contributed by atoms with Gasteiger partial charge in [0.05, 0.1) is 16.2 Å². The molecule has 2 aromatic rings. The normalized spacial score (nSPS) is 12.1. The summed E-state index contributed by atoms with van der Waals surface area (Å²) < 4.78 is 50.5. The second-order valence-electron chi connectivity index (χ2n) is 4.59. The lowest BCUT2D eigenvalue weighted by molar-refractivity contribution is -0.135. The van der Waals surface area contributed by atoms with Crippen LogP contribution in [0.15, 0.2) is 18.2 Å².